The van der Waals surface area contributed by atoms with Gasteiger partial charge in [-0.25, -0.2) is 4.79 Å². The number of aryl methyl sites for hydroxylation is 1. The van der Waals surface area contributed by atoms with Crippen LogP contribution in [0.5, 0.6) is 0 Å². The molecule has 0 aliphatic heterocycles. The number of benzene rings is 1. The molecule has 0 amide bonds. The summed E-state index contributed by atoms with van der Waals surface area (Å²) in [7, 11) is 0. The smallest absolute Gasteiger partial charge is 0.340 e. The normalized spacial score (nSPS) is 10.1. The van der Waals surface area contributed by atoms with Crippen LogP contribution in [0.15, 0.2) is 30.8 Å². The van der Waals surface area contributed by atoms with Gasteiger partial charge in [0.1, 0.15) is 0 Å². The van der Waals surface area contributed by atoms with Crippen LogP contribution >= 0.6 is 0 Å². The summed E-state index contributed by atoms with van der Waals surface area (Å²) in [5.41, 5.74) is 2.32. The minimum Gasteiger partial charge on any atom is -0.462 e. The number of para-hydroxylation sites is 1. The molecule has 0 bridgehead atoms. The van der Waals surface area contributed by atoms with Gasteiger partial charge >= 0.3 is 5.97 Å². The summed E-state index contributed by atoms with van der Waals surface area (Å²) < 4.78 is 5.06. The zero-order valence-electron chi connectivity index (χ0n) is 11.4. The van der Waals surface area contributed by atoms with Gasteiger partial charge in [-0.1, -0.05) is 24.8 Å². The van der Waals surface area contributed by atoms with Crippen LogP contribution in [-0.4, -0.2) is 17.6 Å². The van der Waals surface area contributed by atoms with Crippen LogP contribution in [0.2, 0.25) is 0 Å². The quantitative estimate of drug-likeness (QED) is 0.632. The molecule has 2 rings (SSSR count). The average molecular weight is 266 g/mol. The predicted octanol–water partition coefficient (Wildman–Crippen LogP) is 3.26. The zero-order chi connectivity index (χ0) is 14.7. The van der Waals surface area contributed by atoms with Crippen molar-refractivity contribution in [2.24, 2.45) is 0 Å². The van der Waals surface area contributed by atoms with Gasteiger partial charge in [0, 0.05) is 10.9 Å². The van der Waals surface area contributed by atoms with Gasteiger partial charge in [0.25, 0.3) is 0 Å². The summed E-state index contributed by atoms with van der Waals surface area (Å²) in [6.07, 6.45) is 0. The van der Waals surface area contributed by atoms with Crippen molar-refractivity contribution in [2.45, 2.75) is 13.8 Å². The van der Waals surface area contributed by atoms with Gasteiger partial charge < -0.3 is 4.74 Å². The maximum atomic E-state index is 12.1. The first kappa shape index (κ1) is 13.8. The maximum absolute atomic E-state index is 12.1. The van der Waals surface area contributed by atoms with Crippen molar-refractivity contribution in [3.05, 3.63) is 47.7 Å². The van der Waals surface area contributed by atoms with E-state index in [1.54, 1.807) is 13.8 Å². The molecule has 0 fully saturated rings. The molecular formula is C16H14N2O2. The Kier molecular flexibility index (Phi) is 3.81. The highest BCUT2D eigenvalue weighted by atomic mass is 16.5. The monoisotopic (exact) mass is 266 g/mol. The van der Waals surface area contributed by atoms with Gasteiger partial charge in [-0.15, -0.1) is 0 Å². The SMILES string of the molecule is C=C(C#N)c1c(C(=O)OCC)c(C)nc2ccccc12. The lowest BCUT2D eigenvalue weighted by Crippen LogP contribution is -2.11. The number of hydrogen-bond acceptors (Lipinski definition) is 4. The third-order valence-electron chi connectivity index (χ3n) is 2.99. The van der Waals surface area contributed by atoms with Crippen molar-refractivity contribution >= 4 is 22.4 Å². The van der Waals surface area contributed by atoms with Crippen molar-refractivity contribution in [1.82, 2.24) is 4.98 Å². The minimum absolute atomic E-state index is 0.231. The van der Waals surface area contributed by atoms with Crippen molar-refractivity contribution in [3.63, 3.8) is 0 Å². The molecule has 1 aromatic carbocycles. The number of nitrogens with zero attached hydrogens (tertiary/aromatic N) is 2. The number of pyridine rings is 1. The van der Waals surface area contributed by atoms with Gasteiger partial charge in [0.2, 0.25) is 0 Å². The van der Waals surface area contributed by atoms with E-state index in [2.05, 4.69) is 11.6 Å². The Morgan fingerprint density at radius 1 is 1.40 bits per heavy atom. The molecule has 100 valence electrons. The molecule has 0 aliphatic carbocycles. The minimum atomic E-state index is -0.477. The molecular weight excluding hydrogens is 252 g/mol. The van der Waals surface area contributed by atoms with Gasteiger partial charge in [-0.2, -0.15) is 5.26 Å². The van der Waals surface area contributed by atoms with Crippen molar-refractivity contribution in [1.29, 1.82) is 5.26 Å². The Morgan fingerprint density at radius 3 is 2.75 bits per heavy atom. The van der Waals surface area contributed by atoms with Crippen LogP contribution in [0.25, 0.3) is 16.5 Å². The molecule has 0 atom stereocenters. The van der Waals surface area contributed by atoms with Crippen molar-refractivity contribution in [3.8, 4) is 6.07 Å². The molecule has 4 heteroatoms. The number of aromatic nitrogens is 1. The van der Waals surface area contributed by atoms with E-state index in [-0.39, 0.29) is 12.2 Å². The van der Waals surface area contributed by atoms with Gasteiger partial charge in [-0.3, -0.25) is 4.98 Å². The number of carbonyl (C=O) groups is 1. The third-order valence-corrected chi connectivity index (χ3v) is 2.99. The molecule has 2 aromatic rings. The third kappa shape index (κ3) is 2.26. The first-order valence-electron chi connectivity index (χ1n) is 6.26. The van der Waals surface area contributed by atoms with E-state index in [9.17, 15) is 4.79 Å². The summed E-state index contributed by atoms with van der Waals surface area (Å²) in [6.45, 7) is 7.47. The molecule has 0 saturated carbocycles. The Labute approximate surface area is 117 Å². The maximum Gasteiger partial charge on any atom is 0.340 e. The number of ether oxygens (including phenoxy) is 1. The summed E-state index contributed by atoms with van der Waals surface area (Å²) in [5.74, 6) is -0.477. The largest absolute Gasteiger partial charge is 0.462 e. The fourth-order valence-electron chi connectivity index (χ4n) is 2.16. The molecule has 1 aromatic heterocycles. The molecule has 0 saturated heterocycles. The lowest BCUT2D eigenvalue weighted by atomic mass is 9.95. The highest BCUT2D eigenvalue weighted by Crippen LogP contribution is 2.29. The Hall–Kier alpha value is -2.67. The molecule has 1 heterocycles. The second kappa shape index (κ2) is 5.54. The Balaban J connectivity index is 2.85. The van der Waals surface area contributed by atoms with E-state index in [4.69, 9.17) is 10.00 Å². The number of fused-ring (bicyclic) bond motifs is 1. The Morgan fingerprint density at radius 2 is 2.10 bits per heavy atom. The highest BCUT2D eigenvalue weighted by molar-refractivity contribution is 6.06. The molecule has 0 unspecified atom stereocenters. The summed E-state index contributed by atoms with van der Waals surface area (Å²) >= 11 is 0. The zero-order valence-corrected chi connectivity index (χ0v) is 11.4. The van der Waals surface area contributed by atoms with E-state index in [0.29, 0.717) is 16.8 Å². The molecule has 0 spiro atoms. The van der Waals surface area contributed by atoms with Crippen molar-refractivity contribution in [2.75, 3.05) is 6.61 Å². The standard InChI is InChI=1S/C16H14N2O2/c1-4-20-16(19)15-11(3)18-13-8-6-5-7-12(13)14(15)10(2)9-17/h5-8H,2,4H2,1,3H3. The first-order valence-corrected chi connectivity index (χ1v) is 6.26. The van der Waals surface area contributed by atoms with E-state index >= 15 is 0 Å². The number of allylic oxidation sites excluding steroid dienone is 1. The second-order valence-electron chi connectivity index (χ2n) is 4.28. The lowest BCUT2D eigenvalue weighted by Gasteiger charge is -2.13. The van der Waals surface area contributed by atoms with Crippen LogP contribution in [0.3, 0.4) is 0 Å². The van der Waals surface area contributed by atoms with Crippen LogP contribution in [0, 0.1) is 18.3 Å². The van der Waals surface area contributed by atoms with Gasteiger partial charge in [-0.05, 0) is 19.9 Å². The fraction of sp³-hybridized carbons (Fsp3) is 0.188. The van der Waals surface area contributed by atoms with E-state index in [1.165, 1.54) is 0 Å². The second-order valence-corrected chi connectivity index (χ2v) is 4.28. The fourth-order valence-corrected chi connectivity index (χ4v) is 2.16. The highest BCUT2D eigenvalue weighted by Gasteiger charge is 2.21. The molecule has 0 radical (unpaired) electrons. The predicted molar refractivity (Wildman–Crippen MR) is 77.1 cm³/mol. The van der Waals surface area contributed by atoms with Crippen molar-refractivity contribution < 1.29 is 9.53 Å². The molecule has 0 aliphatic rings. The number of esters is 1. The average Bonchev–Trinajstić information content (AvgIpc) is 2.45. The lowest BCUT2D eigenvalue weighted by molar-refractivity contribution is 0.0525. The summed E-state index contributed by atoms with van der Waals surface area (Å²) in [5, 5.41) is 9.88. The van der Waals surface area contributed by atoms with Gasteiger partial charge in [0.15, 0.2) is 0 Å². The number of carbonyl (C=O) groups excluding carboxylic acids is 1. The Bertz CT molecular complexity index is 742. The summed E-state index contributed by atoms with van der Waals surface area (Å²) in [4.78, 5) is 16.5. The number of nitriles is 1. The van der Waals surface area contributed by atoms with Crippen LogP contribution in [0.1, 0.15) is 28.5 Å². The first-order chi connectivity index (χ1) is 9.60. The van der Waals surface area contributed by atoms with Crippen LogP contribution in [-0.2, 0) is 4.74 Å². The summed E-state index contributed by atoms with van der Waals surface area (Å²) in [6, 6.07) is 9.36. The van der Waals surface area contributed by atoms with Gasteiger partial charge in [0.05, 0.1) is 35.0 Å². The van der Waals surface area contributed by atoms with Crippen LogP contribution in [0.4, 0.5) is 0 Å². The topological polar surface area (TPSA) is 63.0 Å². The number of rotatable bonds is 3. The van der Waals surface area contributed by atoms with E-state index in [1.807, 2.05) is 30.3 Å². The van der Waals surface area contributed by atoms with E-state index < -0.39 is 5.97 Å². The molecule has 4 nitrogen and oxygen atoms in total. The molecule has 20 heavy (non-hydrogen) atoms. The molecule has 0 N–H and O–H groups in total. The van der Waals surface area contributed by atoms with E-state index in [0.717, 1.165) is 10.9 Å². The van der Waals surface area contributed by atoms with Crippen LogP contribution < -0.4 is 0 Å². The number of hydrogen-bond donors (Lipinski definition) is 0.